The highest BCUT2D eigenvalue weighted by Crippen LogP contribution is 2.20. The summed E-state index contributed by atoms with van der Waals surface area (Å²) in [5.74, 6) is 0.421. The van der Waals surface area contributed by atoms with Gasteiger partial charge in [0.2, 0.25) is 0 Å². The summed E-state index contributed by atoms with van der Waals surface area (Å²) in [6, 6.07) is 6.22. The Morgan fingerprint density at radius 3 is 2.60 bits per heavy atom. The molecule has 2 rings (SSSR count). The molecule has 1 fully saturated rings. The Kier molecular flexibility index (Phi) is 4.81. The minimum atomic E-state index is 0.421. The molecule has 6 nitrogen and oxygen atoms in total. The van der Waals surface area contributed by atoms with Gasteiger partial charge in [0.15, 0.2) is 5.96 Å². The molecule has 1 aliphatic heterocycles. The van der Waals surface area contributed by atoms with Crippen molar-refractivity contribution in [3.63, 3.8) is 0 Å². The van der Waals surface area contributed by atoms with Crippen LogP contribution in [0.5, 0.6) is 0 Å². The van der Waals surface area contributed by atoms with E-state index in [1.54, 1.807) is 7.05 Å². The van der Waals surface area contributed by atoms with Gasteiger partial charge < -0.3 is 21.4 Å². The number of piperazine rings is 1. The fourth-order valence-corrected chi connectivity index (χ4v) is 2.12. The topological polar surface area (TPSA) is 68.9 Å². The Morgan fingerprint density at radius 1 is 1.25 bits per heavy atom. The molecule has 1 aromatic rings. The largest absolute Gasteiger partial charge is 0.370 e. The lowest BCUT2D eigenvalue weighted by Crippen LogP contribution is -2.46. The first kappa shape index (κ1) is 14.6. The van der Waals surface area contributed by atoms with Gasteiger partial charge in [0.05, 0.1) is 5.69 Å². The van der Waals surface area contributed by atoms with Crippen molar-refractivity contribution in [3.8, 4) is 0 Å². The predicted molar refractivity (Wildman–Crippen MR) is 85.0 cm³/mol. The van der Waals surface area contributed by atoms with Crippen molar-refractivity contribution in [2.24, 2.45) is 10.7 Å². The van der Waals surface area contributed by atoms with Crippen LogP contribution in [0.2, 0.25) is 0 Å². The van der Waals surface area contributed by atoms with Crippen LogP contribution in [0, 0.1) is 6.92 Å². The molecule has 0 bridgehead atoms. The third-order valence-corrected chi connectivity index (χ3v) is 3.53. The summed E-state index contributed by atoms with van der Waals surface area (Å²) in [5.41, 5.74) is 12.4. The molecule has 0 amide bonds. The van der Waals surface area contributed by atoms with Gasteiger partial charge in [-0.3, -0.25) is 4.99 Å². The summed E-state index contributed by atoms with van der Waals surface area (Å²) < 4.78 is 0. The van der Waals surface area contributed by atoms with Gasteiger partial charge in [0, 0.05) is 38.9 Å². The highest BCUT2D eigenvalue weighted by molar-refractivity contribution is 5.93. The number of aliphatic imine (C=N–C) groups is 1. The second kappa shape index (κ2) is 6.58. The molecule has 4 N–H and O–H groups in total. The lowest BCUT2D eigenvalue weighted by atomic mass is 10.2. The molecule has 1 heterocycles. The summed E-state index contributed by atoms with van der Waals surface area (Å²) in [7, 11) is 3.82. The van der Waals surface area contributed by atoms with E-state index in [-0.39, 0.29) is 0 Å². The number of benzene rings is 1. The molecule has 0 aromatic heterocycles. The zero-order chi connectivity index (χ0) is 14.5. The monoisotopic (exact) mass is 276 g/mol. The van der Waals surface area contributed by atoms with E-state index in [9.17, 15) is 0 Å². The van der Waals surface area contributed by atoms with Crippen LogP contribution in [0.1, 0.15) is 5.56 Å². The second-order valence-electron chi connectivity index (χ2n) is 5.17. The van der Waals surface area contributed by atoms with Crippen molar-refractivity contribution < 1.29 is 0 Å². The molecule has 0 saturated carbocycles. The van der Waals surface area contributed by atoms with E-state index in [0.717, 1.165) is 43.1 Å². The Labute approximate surface area is 120 Å². The minimum Gasteiger partial charge on any atom is -0.370 e. The van der Waals surface area contributed by atoms with Crippen molar-refractivity contribution in [2.75, 3.05) is 51.0 Å². The van der Waals surface area contributed by atoms with Gasteiger partial charge >= 0.3 is 0 Å². The molecular formula is C14H24N6. The van der Waals surface area contributed by atoms with Crippen LogP contribution in [-0.2, 0) is 0 Å². The molecule has 1 aromatic carbocycles. The molecular weight excluding hydrogens is 252 g/mol. The van der Waals surface area contributed by atoms with Gasteiger partial charge in [-0.1, -0.05) is 6.07 Å². The number of rotatable bonds is 3. The van der Waals surface area contributed by atoms with Gasteiger partial charge in [-0.2, -0.15) is 0 Å². The van der Waals surface area contributed by atoms with Crippen LogP contribution in [0.3, 0.4) is 0 Å². The molecule has 0 spiro atoms. The number of nitrogens with one attached hydrogen (secondary N) is 2. The lowest BCUT2D eigenvalue weighted by Gasteiger charge is -2.33. The predicted octanol–water partition coefficient (Wildman–Crippen LogP) is 0.926. The Hall–Kier alpha value is -1.79. The molecule has 20 heavy (non-hydrogen) atoms. The van der Waals surface area contributed by atoms with E-state index in [2.05, 4.69) is 50.9 Å². The second-order valence-corrected chi connectivity index (χ2v) is 5.17. The van der Waals surface area contributed by atoms with Gasteiger partial charge in [0.1, 0.15) is 0 Å². The first-order valence-corrected chi connectivity index (χ1v) is 6.88. The lowest BCUT2D eigenvalue weighted by molar-refractivity contribution is 0.179. The summed E-state index contributed by atoms with van der Waals surface area (Å²) in [4.78, 5) is 6.26. The number of hydrogen-bond acceptors (Lipinski definition) is 4. The van der Waals surface area contributed by atoms with Crippen molar-refractivity contribution in [2.45, 2.75) is 6.92 Å². The summed E-state index contributed by atoms with van der Waals surface area (Å²) in [6.07, 6.45) is 0. The van der Waals surface area contributed by atoms with Crippen LogP contribution < -0.4 is 16.5 Å². The molecule has 1 saturated heterocycles. The molecule has 110 valence electrons. The number of likely N-dealkylation sites (N-methyl/N-ethyl adjacent to an activating group) is 1. The highest BCUT2D eigenvalue weighted by atomic mass is 15.5. The quantitative estimate of drug-likeness (QED) is 0.566. The zero-order valence-electron chi connectivity index (χ0n) is 12.5. The minimum absolute atomic E-state index is 0.421. The number of nitrogens with two attached hydrogens (primary N) is 1. The van der Waals surface area contributed by atoms with Crippen LogP contribution in [0.4, 0.5) is 11.4 Å². The van der Waals surface area contributed by atoms with Gasteiger partial charge in [-0.15, -0.1) is 0 Å². The maximum absolute atomic E-state index is 5.73. The highest BCUT2D eigenvalue weighted by Gasteiger charge is 2.13. The van der Waals surface area contributed by atoms with Crippen LogP contribution in [-0.4, -0.2) is 56.1 Å². The molecule has 6 heteroatoms. The average molecular weight is 276 g/mol. The Balaban J connectivity index is 2.03. The van der Waals surface area contributed by atoms with Crippen molar-refractivity contribution in [1.82, 2.24) is 9.91 Å². The van der Waals surface area contributed by atoms with Crippen LogP contribution in [0.25, 0.3) is 0 Å². The number of anilines is 2. The molecule has 0 aliphatic carbocycles. The number of hydrazine groups is 1. The van der Waals surface area contributed by atoms with E-state index in [0.29, 0.717) is 5.96 Å². The van der Waals surface area contributed by atoms with Gasteiger partial charge in [-0.05, 0) is 31.7 Å². The molecule has 0 atom stereocenters. The van der Waals surface area contributed by atoms with Gasteiger partial charge in [-0.25, -0.2) is 5.01 Å². The number of hydrogen-bond donors (Lipinski definition) is 3. The van der Waals surface area contributed by atoms with Crippen LogP contribution in [0.15, 0.2) is 23.2 Å². The van der Waals surface area contributed by atoms with Crippen molar-refractivity contribution in [1.29, 1.82) is 0 Å². The summed E-state index contributed by atoms with van der Waals surface area (Å²) in [6.45, 7) is 6.25. The fraction of sp³-hybridized carbons (Fsp3) is 0.500. The third-order valence-electron chi connectivity index (χ3n) is 3.53. The van der Waals surface area contributed by atoms with Crippen LogP contribution >= 0.6 is 0 Å². The summed E-state index contributed by atoms with van der Waals surface area (Å²) >= 11 is 0. The average Bonchev–Trinajstić information content (AvgIpc) is 2.45. The van der Waals surface area contributed by atoms with E-state index in [1.165, 1.54) is 0 Å². The smallest absolute Gasteiger partial charge is 0.192 e. The maximum atomic E-state index is 5.73. The van der Waals surface area contributed by atoms with Gasteiger partial charge in [0.25, 0.3) is 0 Å². The Morgan fingerprint density at radius 2 is 1.95 bits per heavy atom. The zero-order valence-corrected chi connectivity index (χ0v) is 12.5. The summed E-state index contributed by atoms with van der Waals surface area (Å²) in [5, 5.41) is 5.35. The fourth-order valence-electron chi connectivity index (χ4n) is 2.12. The SMILES string of the molecule is CN=C(N)Nc1cc(NN2CCN(C)CC2)ccc1C. The first-order chi connectivity index (χ1) is 9.58. The van der Waals surface area contributed by atoms with E-state index in [4.69, 9.17) is 5.73 Å². The Bertz CT molecular complexity index is 477. The molecule has 1 aliphatic rings. The first-order valence-electron chi connectivity index (χ1n) is 6.88. The van der Waals surface area contributed by atoms with E-state index < -0.39 is 0 Å². The van der Waals surface area contributed by atoms with Crippen molar-refractivity contribution >= 4 is 17.3 Å². The number of nitrogens with zero attached hydrogens (tertiary/aromatic N) is 3. The third kappa shape index (κ3) is 3.85. The standard InChI is InChI=1S/C14H24N6/c1-11-4-5-12(10-13(11)17-14(15)16-2)18-20-8-6-19(3)7-9-20/h4-5,10,18H,6-9H2,1-3H3,(H3,15,16,17). The molecule has 0 unspecified atom stereocenters. The normalized spacial score (nSPS) is 18.1. The van der Waals surface area contributed by atoms with E-state index >= 15 is 0 Å². The number of guanidine groups is 1. The number of aryl methyl sites for hydroxylation is 1. The maximum Gasteiger partial charge on any atom is 0.192 e. The van der Waals surface area contributed by atoms with E-state index in [1.807, 2.05) is 6.92 Å². The molecule has 0 radical (unpaired) electrons. The van der Waals surface area contributed by atoms with Crippen molar-refractivity contribution in [3.05, 3.63) is 23.8 Å².